The zero-order valence-corrected chi connectivity index (χ0v) is 22.0. The quantitative estimate of drug-likeness (QED) is 0.411. The van der Waals surface area contributed by atoms with E-state index in [1.807, 2.05) is 73.7 Å². The summed E-state index contributed by atoms with van der Waals surface area (Å²) in [6.07, 6.45) is 10.5. The highest BCUT2D eigenvalue weighted by Gasteiger charge is 2.37. The highest BCUT2D eigenvalue weighted by atomic mass is 32.2. The lowest BCUT2D eigenvalue weighted by Crippen LogP contribution is -2.43. The van der Waals surface area contributed by atoms with Gasteiger partial charge in [0.25, 0.3) is 0 Å². The standard InChI is InChI=1S/C31H34N2O3S/c1-2-32-37(35)30-22-26-12-8-7-11-25(26)21-29(30)31(34)16-18-33(19-17-31)23-24-10-6-9-15-28(20-24)36-27-13-4-3-5-14-27/h3-8,10-15,20-22,32,34H,2,9,16-19,23H2,1H3. The van der Waals surface area contributed by atoms with Gasteiger partial charge < -0.3 is 9.84 Å². The van der Waals surface area contributed by atoms with Crippen molar-refractivity contribution in [1.29, 1.82) is 0 Å². The molecule has 1 aliphatic heterocycles. The van der Waals surface area contributed by atoms with Gasteiger partial charge in [-0.15, -0.1) is 0 Å². The van der Waals surface area contributed by atoms with E-state index < -0.39 is 16.6 Å². The molecule has 1 aliphatic carbocycles. The Bertz CT molecular complexity index is 1360. The minimum atomic E-state index is -1.38. The smallest absolute Gasteiger partial charge is 0.127 e. The van der Waals surface area contributed by atoms with Crippen LogP contribution in [-0.2, 0) is 16.6 Å². The number of fused-ring (bicyclic) bond motifs is 1. The lowest BCUT2D eigenvalue weighted by atomic mass is 9.83. The fraction of sp³-hybridized carbons (Fsp3) is 0.290. The molecule has 3 aromatic rings. The van der Waals surface area contributed by atoms with Gasteiger partial charge in [-0.05, 0) is 72.0 Å². The van der Waals surface area contributed by atoms with Crippen LogP contribution in [0.4, 0.5) is 0 Å². The predicted octanol–water partition coefficient (Wildman–Crippen LogP) is 5.60. The molecule has 2 aliphatic rings. The number of ether oxygens (including phenoxy) is 1. The van der Waals surface area contributed by atoms with Gasteiger partial charge in [0.15, 0.2) is 0 Å². The number of para-hydroxylation sites is 1. The number of nitrogens with one attached hydrogen (secondary N) is 1. The summed E-state index contributed by atoms with van der Waals surface area (Å²) in [4.78, 5) is 3.05. The largest absolute Gasteiger partial charge is 0.458 e. The molecule has 0 radical (unpaired) electrons. The summed E-state index contributed by atoms with van der Waals surface area (Å²) in [6.45, 7) is 4.82. The highest BCUT2D eigenvalue weighted by molar-refractivity contribution is 7.83. The minimum absolute atomic E-state index is 0.585. The Hall–Kier alpha value is -3.03. The first-order chi connectivity index (χ1) is 18.0. The third-order valence-electron chi connectivity index (χ3n) is 7.01. The first kappa shape index (κ1) is 25.6. The number of benzene rings is 3. The van der Waals surface area contributed by atoms with Crippen LogP contribution in [-0.4, -0.2) is 40.4 Å². The Kier molecular flexibility index (Phi) is 8.01. The van der Waals surface area contributed by atoms with E-state index in [-0.39, 0.29) is 0 Å². The van der Waals surface area contributed by atoms with Crippen LogP contribution in [0.1, 0.15) is 31.7 Å². The molecule has 192 valence electrons. The van der Waals surface area contributed by atoms with Crippen molar-refractivity contribution in [1.82, 2.24) is 9.62 Å². The third-order valence-corrected chi connectivity index (χ3v) is 8.30. The average molecular weight is 515 g/mol. The van der Waals surface area contributed by atoms with E-state index in [2.05, 4.69) is 33.9 Å². The van der Waals surface area contributed by atoms with Crippen molar-refractivity contribution in [2.24, 2.45) is 0 Å². The molecule has 0 saturated carbocycles. The molecule has 6 heteroatoms. The van der Waals surface area contributed by atoms with Gasteiger partial charge in [-0.1, -0.05) is 61.5 Å². The summed E-state index contributed by atoms with van der Waals surface area (Å²) >= 11 is 0. The molecule has 37 heavy (non-hydrogen) atoms. The summed E-state index contributed by atoms with van der Waals surface area (Å²) in [6, 6.07) is 21.9. The van der Waals surface area contributed by atoms with Crippen molar-refractivity contribution in [2.45, 2.75) is 36.7 Å². The van der Waals surface area contributed by atoms with Crippen molar-refractivity contribution in [3.8, 4) is 5.75 Å². The predicted molar refractivity (Wildman–Crippen MR) is 151 cm³/mol. The Labute approximate surface area is 221 Å². The number of hydrogen-bond acceptors (Lipinski definition) is 4. The number of nitrogens with zero attached hydrogens (tertiary/aromatic N) is 1. The van der Waals surface area contributed by atoms with Crippen molar-refractivity contribution in [3.05, 3.63) is 108 Å². The molecule has 1 atom stereocenters. The van der Waals surface area contributed by atoms with Gasteiger partial charge in [0.2, 0.25) is 0 Å². The van der Waals surface area contributed by atoms with Crippen LogP contribution in [0.3, 0.4) is 0 Å². The number of hydrogen-bond donors (Lipinski definition) is 2. The Morgan fingerprint density at radius 2 is 1.73 bits per heavy atom. The summed E-state index contributed by atoms with van der Waals surface area (Å²) < 4.78 is 22.2. The molecule has 0 bridgehead atoms. The number of rotatable bonds is 8. The fourth-order valence-corrected chi connectivity index (χ4v) is 6.14. The molecule has 0 aromatic heterocycles. The fourth-order valence-electron chi connectivity index (χ4n) is 5.04. The van der Waals surface area contributed by atoms with E-state index in [1.54, 1.807) is 0 Å². The third kappa shape index (κ3) is 6.11. The maximum atomic E-state index is 13.1. The second-order valence-corrected chi connectivity index (χ2v) is 10.9. The number of aliphatic hydroxyl groups is 1. The normalized spacial score (nSPS) is 18.6. The maximum absolute atomic E-state index is 13.1. The first-order valence-electron chi connectivity index (χ1n) is 13.0. The zero-order valence-electron chi connectivity index (χ0n) is 21.2. The van der Waals surface area contributed by atoms with Gasteiger partial charge in [-0.2, -0.15) is 0 Å². The molecule has 2 N–H and O–H groups in total. The van der Waals surface area contributed by atoms with Crippen LogP contribution in [0.5, 0.6) is 5.75 Å². The lowest BCUT2D eigenvalue weighted by molar-refractivity contribution is -0.0258. The van der Waals surface area contributed by atoms with Gasteiger partial charge in [0, 0.05) is 31.7 Å². The van der Waals surface area contributed by atoms with Gasteiger partial charge >= 0.3 is 0 Å². The SMILES string of the molecule is CCNS(=O)c1cc2ccccc2cc1C1(O)CCN(CC2=CC(Oc3ccccc3)=CCC=C2)CC1. The van der Waals surface area contributed by atoms with Crippen molar-refractivity contribution < 1.29 is 14.1 Å². The van der Waals surface area contributed by atoms with Crippen molar-refractivity contribution >= 4 is 21.8 Å². The van der Waals surface area contributed by atoms with Crippen LogP contribution in [0.25, 0.3) is 10.8 Å². The summed E-state index contributed by atoms with van der Waals surface area (Å²) in [5.74, 6) is 1.68. The van der Waals surface area contributed by atoms with Gasteiger partial charge in [-0.3, -0.25) is 4.90 Å². The molecule has 5 nitrogen and oxygen atoms in total. The zero-order chi connectivity index (χ0) is 25.7. The van der Waals surface area contributed by atoms with Crippen LogP contribution in [0.2, 0.25) is 0 Å². The minimum Gasteiger partial charge on any atom is -0.458 e. The van der Waals surface area contributed by atoms with Gasteiger partial charge in [-0.25, -0.2) is 8.93 Å². The van der Waals surface area contributed by atoms with E-state index in [9.17, 15) is 9.32 Å². The molecular weight excluding hydrogens is 480 g/mol. The second kappa shape index (κ2) is 11.6. The monoisotopic (exact) mass is 514 g/mol. The van der Waals surface area contributed by atoms with Crippen LogP contribution < -0.4 is 9.46 Å². The Balaban J connectivity index is 1.31. The molecule has 0 spiro atoms. The molecule has 1 heterocycles. The van der Waals surface area contributed by atoms with Crippen LogP contribution in [0, 0.1) is 0 Å². The molecular formula is C31H34N2O3S. The van der Waals surface area contributed by atoms with Crippen LogP contribution in [0.15, 0.2) is 107 Å². The van der Waals surface area contributed by atoms with E-state index in [1.165, 1.54) is 5.57 Å². The summed E-state index contributed by atoms with van der Waals surface area (Å²) in [5.41, 5.74) is 0.945. The number of allylic oxidation sites excluding steroid dienone is 3. The lowest BCUT2D eigenvalue weighted by Gasteiger charge is -2.39. The summed E-state index contributed by atoms with van der Waals surface area (Å²) in [7, 11) is -1.38. The van der Waals surface area contributed by atoms with E-state index in [0.29, 0.717) is 24.3 Å². The Morgan fingerprint density at radius 3 is 2.46 bits per heavy atom. The summed E-state index contributed by atoms with van der Waals surface area (Å²) in [5, 5.41) is 13.9. The number of likely N-dealkylation sites (tertiary alicyclic amines) is 1. The van der Waals surface area contributed by atoms with E-state index >= 15 is 0 Å². The van der Waals surface area contributed by atoms with Gasteiger partial charge in [0.1, 0.15) is 22.5 Å². The van der Waals surface area contributed by atoms with Crippen molar-refractivity contribution in [3.63, 3.8) is 0 Å². The molecule has 3 aromatic carbocycles. The maximum Gasteiger partial charge on any atom is 0.127 e. The topological polar surface area (TPSA) is 61.8 Å². The molecule has 1 saturated heterocycles. The van der Waals surface area contributed by atoms with Crippen LogP contribution >= 0.6 is 0 Å². The molecule has 1 unspecified atom stereocenters. The Morgan fingerprint density at radius 1 is 1.03 bits per heavy atom. The highest BCUT2D eigenvalue weighted by Crippen LogP contribution is 2.38. The molecule has 0 amide bonds. The van der Waals surface area contributed by atoms with Crippen molar-refractivity contribution in [2.75, 3.05) is 26.2 Å². The first-order valence-corrected chi connectivity index (χ1v) is 14.1. The second-order valence-electron chi connectivity index (χ2n) is 9.65. The average Bonchev–Trinajstić information content (AvgIpc) is 3.14. The van der Waals surface area contributed by atoms with E-state index in [0.717, 1.165) is 53.9 Å². The van der Waals surface area contributed by atoms with Gasteiger partial charge in [0.05, 0.1) is 10.5 Å². The molecule has 1 fully saturated rings. The number of piperidine rings is 1. The van der Waals surface area contributed by atoms with E-state index in [4.69, 9.17) is 4.74 Å². The molecule has 5 rings (SSSR count).